The molecular formula is C17H28N4. The van der Waals surface area contributed by atoms with Crippen LogP contribution < -0.4 is 9.80 Å². The molecule has 0 N–H and O–H groups in total. The van der Waals surface area contributed by atoms with E-state index in [9.17, 15) is 0 Å². The van der Waals surface area contributed by atoms with Gasteiger partial charge in [-0.25, -0.2) is 4.98 Å². The second-order valence-electron chi connectivity index (χ2n) is 6.66. The summed E-state index contributed by atoms with van der Waals surface area (Å²) < 4.78 is 0. The van der Waals surface area contributed by atoms with Crippen LogP contribution >= 0.6 is 0 Å². The molecule has 2 atom stereocenters. The van der Waals surface area contributed by atoms with E-state index in [0.717, 1.165) is 37.3 Å². The summed E-state index contributed by atoms with van der Waals surface area (Å²) in [7, 11) is 0. The average Bonchev–Trinajstić information content (AvgIpc) is 2.55. The zero-order chi connectivity index (χ0) is 14.7. The zero-order valence-corrected chi connectivity index (χ0v) is 13.5. The lowest BCUT2D eigenvalue weighted by Gasteiger charge is -2.37. The third-order valence-electron chi connectivity index (χ3n) is 4.96. The molecule has 0 spiro atoms. The predicted octanol–water partition coefficient (Wildman–Crippen LogP) is 3.48. The van der Waals surface area contributed by atoms with Gasteiger partial charge < -0.3 is 9.80 Å². The largest absolute Gasteiger partial charge is 0.353 e. The summed E-state index contributed by atoms with van der Waals surface area (Å²) in [4.78, 5) is 14.3. The van der Waals surface area contributed by atoms with E-state index in [1.54, 1.807) is 0 Å². The molecule has 3 rings (SSSR count). The Kier molecular flexibility index (Phi) is 4.61. The lowest BCUT2D eigenvalue weighted by Crippen LogP contribution is -2.40. The summed E-state index contributed by atoms with van der Waals surface area (Å²) in [5.41, 5.74) is 0. The number of anilines is 2. The molecule has 0 radical (unpaired) electrons. The second-order valence-corrected chi connectivity index (χ2v) is 6.66. The van der Waals surface area contributed by atoms with E-state index in [-0.39, 0.29) is 0 Å². The molecule has 0 aliphatic carbocycles. The van der Waals surface area contributed by atoms with Gasteiger partial charge >= 0.3 is 0 Å². The van der Waals surface area contributed by atoms with Crippen LogP contribution in [0.25, 0.3) is 0 Å². The molecule has 2 unspecified atom stereocenters. The van der Waals surface area contributed by atoms with Crippen LogP contribution in [0.2, 0.25) is 0 Å². The zero-order valence-electron chi connectivity index (χ0n) is 13.5. The van der Waals surface area contributed by atoms with Crippen molar-refractivity contribution in [3.8, 4) is 0 Å². The third-order valence-corrected chi connectivity index (χ3v) is 4.96. The van der Waals surface area contributed by atoms with Gasteiger partial charge in [0.05, 0.1) is 0 Å². The molecule has 3 heterocycles. The van der Waals surface area contributed by atoms with Crippen LogP contribution in [0.5, 0.6) is 0 Å². The van der Waals surface area contributed by atoms with Crippen LogP contribution in [-0.4, -0.2) is 35.6 Å². The molecule has 2 saturated heterocycles. The van der Waals surface area contributed by atoms with Gasteiger partial charge in [-0.05, 0) is 50.5 Å². The first-order chi connectivity index (χ1) is 10.3. The number of nitrogens with zero attached hydrogens (tertiary/aromatic N) is 4. The topological polar surface area (TPSA) is 32.3 Å². The second kappa shape index (κ2) is 6.63. The highest BCUT2D eigenvalue weighted by Crippen LogP contribution is 2.27. The van der Waals surface area contributed by atoms with Gasteiger partial charge in [-0.1, -0.05) is 13.8 Å². The molecule has 0 amide bonds. The molecule has 116 valence electrons. The number of hydrogen-bond donors (Lipinski definition) is 0. The van der Waals surface area contributed by atoms with Gasteiger partial charge in [0.25, 0.3) is 0 Å². The van der Waals surface area contributed by atoms with E-state index in [2.05, 4.69) is 34.7 Å². The van der Waals surface area contributed by atoms with Crippen LogP contribution in [0.3, 0.4) is 0 Å². The lowest BCUT2D eigenvalue weighted by atomic mass is 10.00. The molecule has 21 heavy (non-hydrogen) atoms. The summed E-state index contributed by atoms with van der Waals surface area (Å²) in [6.07, 6.45) is 9.69. The number of rotatable bonds is 3. The van der Waals surface area contributed by atoms with Crippen molar-refractivity contribution in [3.63, 3.8) is 0 Å². The number of hydrogen-bond acceptors (Lipinski definition) is 4. The molecular weight excluding hydrogens is 260 g/mol. The first kappa shape index (κ1) is 14.6. The predicted molar refractivity (Wildman–Crippen MR) is 87.9 cm³/mol. The van der Waals surface area contributed by atoms with E-state index in [4.69, 9.17) is 4.98 Å². The van der Waals surface area contributed by atoms with Crippen LogP contribution in [-0.2, 0) is 0 Å². The third kappa shape index (κ3) is 3.30. The maximum Gasteiger partial charge on any atom is 0.227 e. The molecule has 0 saturated carbocycles. The minimum absolute atomic E-state index is 0.654. The summed E-state index contributed by atoms with van der Waals surface area (Å²) >= 11 is 0. The van der Waals surface area contributed by atoms with E-state index in [1.165, 1.54) is 38.5 Å². The van der Waals surface area contributed by atoms with Gasteiger partial charge in [0.1, 0.15) is 5.82 Å². The molecule has 0 aromatic carbocycles. The maximum absolute atomic E-state index is 4.89. The Balaban J connectivity index is 1.78. The first-order valence-corrected chi connectivity index (χ1v) is 8.62. The first-order valence-electron chi connectivity index (χ1n) is 8.62. The smallest absolute Gasteiger partial charge is 0.227 e. The van der Waals surface area contributed by atoms with Crippen LogP contribution in [0.1, 0.15) is 52.4 Å². The van der Waals surface area contributed by atoms with E-state index < -0.39 is 0 Å². The molecule has 2 aliphatic heterocycles. The molecule has 0 bridgehead atoms. The van der Waals surface area contributed by atoms with Crippen molar-refractivity contribution < 1.29 is 0 Å². The minimum Gasteiger partial charge on any atom is -0.353 e. The van der Waals surface area contributed by atoms with Gasteiger partial charge in [-0.3, -0.25) is 0 Å². The Bertz CT molecular complexity index is 462. The van der Waals surface area contributed by atoms with Gasteiger partial charge in [-0.15, -0.1) is 0 Å². The van der Waals surface area contributed by atoms with Crippen molar-refractivity contribution in [1.29, 1.82) is 0 Å². The highest BCUT2D eigenvalue weighted by Gasteiger charge is 2.24. The van der Waals surface area contributed by atoms with Gasteiger partial charge in [0.15, 0.2) is 0 Å². The fourth-order valence-electron chi connectivity index (χ4n) is 3.75. The molecule has 4 nitrogen and oxygen atoms in total. The lowest BCUT2D eigenvalue weighted by molar-refractivity contribution is 0.437. The van der Waals surface area contributed by atoms with Crippen molar-refractivity contribution in [3.05, 3.63) is 12.3 Å². The SMILES string of the molecule is CCC1CCCCN1c1ccnc(N2CCCC(C)C2)n1. The van der Waals surface area contributed by atoms with E-state index >= 15 is 0 Å². The van der Waals surface area contributed by atoms with Crippen LogP contribution in [0.4, 0.5) is 11.8 Å². The van der Waals surface area contributed by atoms with Crippen molar-refractivity contribution in [2.24, 2.45) is 5.92 Å². The van der Waals surface area contributed by atoms with Crippen molar-refractivity contribution in [2.75, 3.05) is 29.4 Å². The maximum atomic E-state index is 4.89. The quantitative estimate of drug-likeness (QED) is 0.852. The van der Waals surface area contributed by atoms with Crippen molar-refractivity contribution >= 4 is 11.8 Å². The van der Waals surface area contributed by atoms with Crippen molar-refractivity contribution in [1.82, 2.24) is 9.97 Å². The highest BCUT2D eigenvalue weighted by molar-refractivity contribution is 5.45. The van der Waals surface area contributed by atoms with Gasteiger partial charge in [0, 0.05) is 31.9 Å². The Labute approximate surface area is 128 Å². The van der Waals surface area contributed by atoms with Crippen molar-refractivity contribution in [2.45, 2.75) is 58.4 Å². The van der Waals surface area contributed by atoms with Gasteiger partial charge in [0.2, 0.25) is 5.95 Å². The van der Waals surface area contributed by atoms with E-state index in [1.807, 2.05) is 6.20 Å². The number of piperidine rings is 2. The molecule has 2 aliphatic rings. The summed E-state index contributed by atoms with van der Waals surface area (Å²) in [5, 5.41) is 0. The highest BCUT2D eigenvalue weighted by atomic mass is 15.3. The minimum atomic E-state index is 0.654. The monoisotopic (exact) mass is 288 g/mol. The Morgan fingerprint density at radius 1 is 1.19 bits per heavy atom. The Morgan fingerprint density at radius 2 is 2.10 bits per heavy atom. The summed E-state index contributed by atoms with van der Waals surface area (Å²) in [5.74, 6) is 2.81. The molecule has 2 fully saturated rings. The summed E-state index contributed by atoms with van der Waals surface area (Å²) in [6.45, 7) is 7.96. The standard InChI is InChI=1S/C17H28N4/c1-3-15-8-4-5-12-21(15)16-9-10-18-17(19-16)20-11-6-7-14(2)13-20/h9-10,14-15H,3-8,11-13H2,1-2H3. The van der Waals surface area contributed by atoms with Crippen LogP contribution in [0, 0.1) is 5.92 Å². The fourth-order valence-corrected chi connectivity index (χ4v) is 3.75. The van der Waals surface area contributed by atoms with E-state index in [0.29, 0.717) is 6.04 Å². The molecule has 1 aromatic heterocycles. The molecule has 4 heteroatoms. The summed E-state index contributed by atoms with van der Waals surface area (Å²) in [6, 6.07) is 2.74. The average molecular weight is 288 g/mol. The van der Waals surface area contributed by atoms with Gasteiger partial charge in [-0.2, -0.15) is 4.98 Å². The van der Waals surface area contributed by atoms with Crippen LogP contribution in [0.15, 0.2) is 12.3 Å². The Morgan fingerprint density at radius 3 is 2.90 bits per heavy atom. The Hall–Kier alpha value is -1.32. The number of aromatic nitrogens is 2. The normalized spacial score (nSPS) is 27.0. The molecule has 1 aromatic rings. The fraction of sp³-hybridized carbons (Fsp3) is 0.765.